The summed E-state index contributed by atoms with van der Waals surface area (Å²) >= 11 is 3.54. The van der Waals surface area contributed by atoms with E-state index in [1.165, 1.54) is 0 Å². The molecule has 2 aromatic rings. The summed E-state index contributed by atoms with van der Waals surface area (Å²) in [5, 5.41) is 4.43. The number of halogens is 1. The van der Waals surface area contributed by atoms with E-state index in [0.717, 1.165) is 27.2 Å². The number of aromatic nitrogens is 3. The van der Waals surface area contributed by atoms with Crippen molar-refractivity contribution >= 4 is 15.9 Å². The van der Waals surface area contributed by atoms with Crippen LogP contribution in [0.1, 0.15) is 11.4 Å². The second-order valence-electron chi connectivity index (χ2n) is 3.54. The maximum Gasteiger partial charge on any atom is 0.125 e. The van der Waals surface area contributed by atoms with Crippen molar-refractivity contribution in [3.63, 3.8) is 0 Å². The van der Waals surface area contributed by atoms with Crippen molar-refractivity contribution in [3.8, 4) is 11.4 Å². The van der Waals surface area contributed by atoms with Crippen LogP contribution in [0.3, 0.4) is 0 Å². The van der Waals surface area contributed by atoms with Crippen LogP contribution in [0.25, 0.3) is 11.4 Å². The van der Waals surface area contributed by atoms with E-state index < -0.39 is 0 Å². The lowest BCUT2D eigenvalue weighted by molar-refractivity contribution is 0.741. The second-order valence-corrected chi connectivity index (χ2v) is 4.33. The maximum absolute atomic E-state index is 4.45. The van der Waals surface area contributed by atoms with Crippen molar-refractivity contribution in [2.45, 2.75) is 13.8 Å². The Kier molecular flexibility index (Phi) is 2.61. The minimum atomic E-state index is 0.902. The van der Waals surface area contributed by atoms with Crippen LogP contribution in [0.5, 0.6) is 0 Å². The zero-order chi connectivity index (χ0) is 11.0. The Balaban J connectivity index is 2.59. The molecular weight excluding hydrogens is 254 g/mol. The van der Waals surface area contributed by atoms with Gasteiger partial charge in [-0.1, -0.05) is 6.07 Å². The third-order valence-corrected chi connectivity index (χ3v) is 3.34. The van der Waals surface area contributed by atoms with E-state index in [1.807, 2.05) is 43.8 Å². The van der Waals surface area contributed by atoms with Crippen LogP contribution in [0.4, 0.5) is 0 Å². The van der Waals surface area contributed by atoms with Crippen molar-refractivity contribution in [2.75, 3.05) is 0 Å². The molecule has 0 atom stereocenters. The van der Waals surface area contributed by atoms with Gasteiger partial charge in [0.15, 0.2) is 0 Å². The first-order valence-corrected chi connectivity index (χ1v) is 5.52. The molecule has 0 saturated heterocycles. The highest BCUT2D eigenvalue weighted by atomic mass is 79.9. The normalized spacial score (nSPS) is 10.7. The number of nitrogens with zero attached hydrogens (tertiary/aromatic N) is 3. The summed E-state index contributed by atoms with van der Waals surface area (Å²) in [4.78, 5) is 4.45. The Morgan fingerprint density at radius 2 is 2.00 bits per heavy atom. The quantitative estimate of drug-likeness (QED) is 0.794. The molecule has 2 rings (SSSR count). The van der Waals surface area contributed by atoms with Crippen molar-refractivity contribution in [2.24, 2.45) is 7.05 Å². The molecule has 0 unspecified atom stereocenters. The van der Waals surface area contributed by atoms with Crippen molar-refractivity contribution in [3.05, 3.63) is 34.1 Å². The summed E-state index contributed by atoms with van der Waals surface area (Å²) in [5.41, 5.74) is 3.92. The molecule has 0 bridgehead atoms. The van der Waals surface area contributed by atoms with E-state index in [-0.39, 0.29) is 0 Å². The Bertz CT molecular complexity index is 503. The minimum Gasteiger partial charge on any atom is -0.271 e. The fourth-order valence-electron chi connectivity index (χ4n) is 1.42. The van der Waals surface area contributed by atoms with Gasteiger partial charge in [-0.15, -0.1) is 0 Å². The Morgan fingerprint density at radius 1 is 1.27 bits per heavy atom. The van der Waals surface area contributed by atoms with Gasteiger partial charge in [-0.3, -0.25) is 9.67 Å². The molecule has 0 radical (unpaired) electrons. The highest BCUT2D eigenvalue weighted by molar-refractivity contribution is 9.10. The topological polar surface area (TPSA) is 30.7 Å². The molecule has 15 heavy (non-hydrogen) atoms. The van der Waals surface area contributed by atoms with Crippen LogP contribution < -0.4 is 0 Å². The average Bonchev–Trinajstić information content (AvgIpc) is 2.46. The Labute approximate surface area is 97.3 Å². The molecule has 2 heterocycles. The predicted molar refractivity (Wildman–Crippen MR) is 63.6 cm³/mol. The molecule has 3 nitrogen and oxygen atoms in total. The van der Waals surface area contributed by atoms with Gasteiger partial charge in [0.2, 0.25) is 0 Å². The lowest BCUT2D eigenvalue weighted by Crippen LogP contribution is -1.93. The fraction of sp³-hybridized carbons (Fsp3) is 0.273. The standard InChI is InChI=1S/C11H12BrN3/c1-7-5-4-6-9(13-7)11-10(12)8(2)15(3)14-11/h4-6H,1-3H3. The molecule has 0 fully saturated rings. The molecule has 0 N–H and O–H groups in total. The highest BCUT2D eigenvalue weighted by Crippen LogP contribution is 2.28. The summed E-state index contributed by atoms with van der Waals surface area (Å²) in [5.74, 6) is 0. The molecule has 2 aromatic heterocycles. The van der Waals surface area contributed by atoms with Crippen LogP contribution >= 0.6 is 15.9 Å². The van der Waals surface area contributed by atoms with E-state index in [0.29, 0.717) is 0 Å². The van der Waals surface area contributed by atoms with Gasteiger partial charge < -0.3 is 0 Å². The molecule has 0 amide bonds. The van der Waals surface area contributed by atoms with Gasteiger partial charge in [0.05, 0.1) is 10.2 Å². The van der Waals surface area contributed by atoms with Gasteiger partial charge in [-0.05, 0) is 41.9 Å². The van der Waals surface area contributed by atoms with Crippen molar-refractivity contribution in [1.82, 2.24) is 14.8 Å². The van der Waals surface area contributed by atoms with Crippen LogP contribution in [0.2, 0.25) is 0 Å². The smallest absolute Gasteiger partial charge is 0.125 e. The molecule has 0 aliphatic heterocycles. The predicted octanol–water partition coefficient (Wildman–Crippen LogP) is 2.86. The van der Waals surface area contributed by atoms with E-state index in [4.69, 9.17) is 0 Å². The summed E-state index contributed by atoms with van der Waals surface area (Å²) in [6.45, 7) is 4.00. The first-order chi connectivity index (χ1) is 7.09. The number of hydrogen-bond donors (Lipinski definition) is 0. The van der Waals surface area contributed by atoms with Crippen LogP contribution in [-0.2, 0) is 7.05 Å². The number of hydrogen-bond acceptors (Lipinski definition) is 2. The van der Waals surface area contributed by atoms with Crippen LogP contribution in [0.15, 0.2) is 22.7 Å². The molecule has 78 valence electrons. The second kappa shape index (κ2) is 3.77. The van der Waals surface area contributed by atoms with E-state index in [2.05, 4.69) is 26.0 Å². The van der Waals surface area contributed by atoms with Crippen molar-refractivity contribution < 1.29 is 0 Å². The minimum absolute atomic E-state index is 0.902. The first-order valence-electron chi connectivity index (χ1n) is 4.72. The molecular formula is C11H12BrN3. The molecule has 0 saturated carbocycles. The highest BCUT2D eigenvalue weighted by Gasteiger charge is 2.12. The largest absolute Gasteiger partial charge is 0.271 e. The van der Waals surface area contributed by atoms with Gasteiger partial charge in [0, 0.05) is 18.4 Å². The number of pyridine rings is 1. The van der Waals surface area contributed by atoms with Gasteiger partial charge in [0.25, 0.3) is 0 Å². The molecule has 4 heteroatoms. The first kappa shape index (κ1) is 10.4. The third-order valence-electron chi connectivity index (χ3n) is 2.39. The van der Waals surface area contributed by atoms with Crippen molar-refractivity contribution in [1.29, 1.82) is 0 Å². The Morgan fingerprint density at radius 3 is 2.53 bits per heavy atom. The van der Waals surface area contributed by atoms with Gasteiger partial charge in [-0.2, -0.15) is 5.10 Å². The van der Waals surface area contributed by atoms with Gasteiger partial charge in [-0.25, -0.2) is 0 Å². The average molecular weight is 266 g/mol. The summed E-state index contributed by atoms with van der Waals surface area (Å²) in [6.07, 6.45) is 0. The van der Waals surface area contributed by atoms with Gasteiger partial charge in [0.1, 0.15) is 5.69 Å². The summed E-state index contributed by atoms with van der Waals surface area (Å²) in [7, 11) is 1.93. The zero-order valence-electron chi connectivity index (χ0n) is 8.95. The fourth-order valence-corrected chi connectivity index (χ4v) is 1.96. The summed E-state index contributed by atoms with van der Waals surface area (Å²) < 4.78 is 2.87. The zero-order valence-corrected chi connectivity index (χ0v) is 10.5. The maximum atomic E-state index is 4.45. The lowest BCUT2D eigenvalue weighted by Gasteiger charge is -1.98. The van der Waals surface area contributed by atoms with E-state index >= 15 is 0 Å². The van der Waals surface area contributed by atoms with Gasteiger partial charge >= 0.3 is 0 Å². The summed E-state index contributed by atoms with van der Waals surface area (Å²) in [6, 6.07) is 5.95. The number of rotatable bonds is 1. The van der Waals surface area contributed by atoms with E-state index in [1.54, 1.807) is 0 Å². The lowest BCUT2D eigenvalue weighted by atomic mass is 10.2. The molecule has 0 aromatic carbocycles. The number of aryl methyl sites for hydroxylation is 2. The third kappa shape index (κ3) is 1.81. The molecule has 0 spiro atoms. The monoisotopic (exact) mass is 265 g/mol. The SMILES string of the molecule is Cc1cccc(-c2nn(C)c(C)c2Br)n1. The van der Waals surface area contributed by atoms with Crippen LogP contribution in [-0.4, -0.2) is 14.8 Å². The molecule has 0 aliphatic rings. The van der Waals surface area contributed by atoms with E-state index in [9.17, 15) is 0 Å². The van der Waals surface area contributed by atoms with Crippen LogP contribution in [0, 0.1) is 13.8 Å². The molecule has 0 aliphatic carbocycles. The Hall–Kier alpha value is -1.16.